The van der Waals surface area contributed by atoms with Crippen molar-refractivity contribution in [2.45, 2.75) is 51.7 Å². The second kappa shape index (κ2) is 4.53. The molecule has 2 N–H and O–H groups in total. The maximum Gasteiger partial charge on any atom is 0.144 e. The van der Waals surface area contributed by atoms with Crippen molar-refractivity contribution in [2.75, 3.05) is 0 Å². The van der Waals surface area contributed by atoms with Crippen LogP contribution in [0.5, 0.6) is 11.5 Å². The number of benzene rings is 1. The van der Waals surface area contributed by atoms with E-state index in [0.29, 0.717) is 16.9 Å². The summed E-state index contributed by atoms with van der Waals surface area (Å²) in [5, 5.41) is 19.9. The third-order valence-electron chi connectivity index (χ3n) is 3.72. The fourth-order valence-electron chi connectivity index (χ4n) is 2.25. The second-order valence-corrected chi connectivity index (χ2v) is 5.83. The highest BCUT2D eigenvalue weighted by atomic mass is 16.5. The van der Waals surface area contributed by atoms with Gasteiger partial charge < -0.3 is 14.9 Å². The van der Waals surface area contributed by atoms with Crippen LogP contribution in [0.3, 0.4) is 0 Å². The molecular formula is C15H20O4. The summed E-state index contributed by atoms with van der Waals surface area (Å²) >= 11 is 0. The number of fused-ring (bicyclic) bond motifs is 1. The van der Waals surface area contributed by atoms with Gasteiger partial charge in [0, 0.05) is 17.9 Å². The molecule has 0 saturated carbocycles. The Bertz CT molecular complexity index is 514. The number of aryl methyl sites for hydroxylation is 1. The highest BCUT2D eigenvalue weighted by Gasteiger charge is 2.36. The minimum absolute atomic E-state index is 0.00845. The van der Waals surface area contributed by atoms with E-state index in [2.05, 4.69) is 0 Å². The molecule has 4 heteroatoms. The summed E-state index contributed by atoms with van der Waals surface area (Å²) in [4.78, 5) is 12.2. The molecule has 0 spiro atoms. The lowest BCUT2D eigenvalue weighted by Crippen LogP contribution is -2.41. The molecule has 0 amide bonds. The number of carbonyl (C=O) groups is 1. The van der Waals surface area contributed by atoms with Gasteiger partial charge in [-0.25, -0.2) is 0 Å². The Hall–Kier alpha value is -1.55. The van der Waals surface area contributed by atoms with Crippen molar-refractivity contribution in [3.63, 3.8) is 0 Å². The fourth-order valence-corrected chi connectivity index (χ4v) is 2.25. The molecule has 2 atom stereocenters. The molecule has 0 fully saturated rings. The van der Waals surface area contributed by atoms with Crippen LogP contribution in [0.4, 0.5) is 0 Å². The maximum atomic E-state index is 12.2. The summed E-state index contributed by atoms with van der Waals surface area (Å²) < 4.78 is 5.82. The van der Waals surface area contributed by atoms with Gasteiger partial charge in [0.15, 0.2) is 0 Å². The fraction of sp³-hybridized carbons (Fsp3) is 0.533. The number of hydrogen-bond donors (Lipinski definition) is 2. The van der Waals surface area contributed by atoms with Crippen molar-refractivity contribution in [3.05, 3.63) is 23.3 Å². The molecule has 0 saturated heterocycles. The van der Waals surface area contributed by atoms with Crippen LogP contribution >= 0.6 is 0 Å². The SMILES string of the molecule is Cc1cc2c(cc1O)[C@H](C)C(=O)C[C@@H](C(C)(C)O)O2. The predicted octanol–water partition coefficient (Wildman–Crippen LogP) is 2.30. The molecule has 0 aromatic heterocycles. The number of carbonyl (C=O) groups excluding carboxylic acids is 1. The van der Waals surface area contributed by atoms with Gasteiger partial charge in [-0.3, -0.25) is 4.79 Å². The van der Waals surface area contributed by atoms with Crippen LogP contribution in [0.1, 0.15) is 44.2 Å². The Morgan fingerprint density at radius 1 is 1.37 bits per heavy atom. The first kappa shape index (κ1) is 13.9. The summed E-state index contributed by atoms with van der Waals surface area (Å²) in [6.45, 7) is 6.84. The number of Topliss-reactive ketones (excluding diaryl/α,β-unsaturated/α-hetero) is 1. The first-order valence-electron chi connectivity index (χ1n) is 6.45. The Kier molecular flexibility index (Phi) is 3.31. The first-order valence-corrected chi connectivity index (χ1v) is 6.45. The zero-order valence-electron chi connectivity index (χ0n) is 11.7. The van der Waals surface area contributed by atoms with Crippen LogP contribution in [0, 0.1) is 6.92 Å². The monoisotopic (exact) mass is 264 g/mol. The summed E-state index contributed by atoms with van der Waals surface area (Å²) in [7, 11) is 0. The number of rotatable bonds is 1. The van der Waals surface area contributed by atoms with Crippen molar-refractivity contribution in [2.24, 2.45) is 0 Å². The van der Waals surface area contributed by atoms with Gasteiger partial charge in [-0.05, 0) is 38.5 Å². The Labute approximate surface area is 113 Å². The number of phenolic OH excluding ortho intramolecular Hbond substituents is 1. The number of hydrogen-bond acceptors (Lipinski definition) is 4. The molecule has 4 nitrogen and oxygen atoms in total. The highest BCUT2D eigenvalue weighted by Crippen LogP contribution is 2.38. The predicted molar refractivity (Wildman–Crippen MR) is 71.6 cm³/mol. The van der Waals surface area contributed by atoms with Crippen LogP contribution in [0.25, 0.3) is 0 Å². The minimum Gasteiger partial charge on any atom is -0.508 e. The number of phenols is 1. The lowest BCUT2D eigenvalue weighted by atomic mass is 9.90. The maximum absolute atomic E-state index is 12.2. The summed E-state index contributed by atoms with van der Waals surface area (Å²) in [6.07, 6.45) is -0.410. The molecule has 104 valence electrons. The smallest absolute Gasteiger partial charge is 0.144 e. The van der Waals surface area contributed by atoms with Gasteiger partial charge in [0.2, 0.25) is 0 Å². The van der Waals surface area contributed by atoms with Gasteiger partial charge in [0.05, 0.1) is 5.60 Å². The van der Waals surface area contributed by atoms with E-state index in [-0.39, 0.29) is 23.9 Å². The second-order valence-electron chi connectivity index (χ2n) is 5.83. The van der Waals surface area contributed by atoms with Gasteiger partial charge in [-0.15, -0.1) is 0 Å². The van der Waals surface area contributed by atoms with E-state index in [1.165, 1.54) is 0 Å². The third-order valence-corrected chi connectivity index (χ3v) is 3.72. The summed E-state index contributed by atoms with van der Waals surface area (Å²) in [5.41, 5.74) is 0.276. The van der Waals surface area contributed by atoms with Crippen molar-refractivity contribution in [3.8, 4) is 11.5 Å². The van der Waals surface area contributed by atoms with Crippen molar-refractivity contribution in [1.82, 2.24) is 0 Å². The molecule has 0 unspecified atom stereocenters. The highest BCUT2D eigenvalue weighted by molar-refractivity contribution is 5.87. The third kappa shape index (κ3) is 2.59. The van der Waals surface area contributed by atoms with E-state index >= 15 is 0 Å². The van der Waals surface area contributed by atoms with Gasteiger partial charge in [-0.2, -0.15) is 0 Å². The molecule has 0 aliphatic carbocycles. The lowest BCUT2D eigenvalue weighted by Gasteiger charge is -2.28. The quantitative estimate of drug-likeness (QED) is 0.816. The Morgan fingerprint density at radius 2 is 2.00 bits per heavy atom. The van der Waals surface area contributed by atoms with E-state index in [4.69, 9.17) is 4.74 Å². The minimum atomic E-state index is -1.09. The molecule has 2 rings (SSSR count). The van der Waals surface area contributed by atoms with Crippen molar-refractivity contribution >= 4 is 5.78 Å². The normalized spacial score (nSPS) is 23.5. The lowest BCUT2D eigenvalue weighted by molar-refractivity contribution is -0.124. The average molecular weight is 264 g/mol. The molecule has 1 heterocycles. The zero-order chi connectivity index (χ0) is 14.4. The zero-order valence-corrected chi connectivity index (χ0v) is 11.7. The Balaban J connectivity index is 2.52. The van der Waals surface area contributed by atoms with E-state index in [1.807, 2.05) is 0 Å². The van der Waals surface area contributed by atoms with Crippen LogP contribution < -0.4 is 4.74 Å². The topological polar surface area (TPSA) is 66.8 Å². The number of aromatic hydroxyl groups is 1. The molecule has 1 aliphatic rings. The molecule has 0 radical (unpaired) electrons. The standard InChI is InChI=1S/C15H20O4/c1-8-5-13-10(6-11(8)16)9(2)12(17)7-14(19-13)15(3,4)18/h5-6,9,14,16,18H,7H2,1-4H3/t9-,14-/m0/s1. The van der Waals surface area contributed by atoms with E-state index < -0.39 is 11.7 Å². The average Bonchev–Trinajstić information content (AvgIpc) is 2.40. The molecule has 1 aromatic carbocycles. The number of aliphatic hydroxyl groups is 1. The molecular weight excluding hydrogens is 244 g/mol. The van der Waals surface area contributed by atoms with Crippen LogP contribution in [-0.2, 0) is 4.79 Å². The molecule has 1 aliphatic heterocycles. The van der Waals surface area contributed by atoms with Crippen molar-refractivity contribution < 1.29 is 19.7 Å². The number of ketones is 1. The number of ether oxygens (including phenoxy) is 1. The van der Waals surface area contributed by atoms with Gasteiger partial charge in [0.25, 0.3) is 0 Å². The van der Waals surface area contributed by atoms with E-state index in [1.54, 1.807) is 39.8 Å². The van der Waals surface area contributed by atoms with E-state index in [9.17, 15) is 15.0 Å². The molecule has 19 heavy (non-hydrogen) atoms. The Morgan fingerprint density at radius 3 is 2.58 bits per heavy atom. The van der Waals surface area contributed by atoms with Crippen LogP contribution in [0.2, 0.25) is 0 Å². The summed E-state index contributed by atoms with van der Waals surface area (Å²) in [5.74, 6) is 0.396. The largest absolute Gasteiger partial charge is 0.508 e. The van der Waals surface area contributed by atoms with Crippen molar-refractivity contribution in [1.29, 1.82) is 0 Å². The molecule has 0 bridgehead atoms. The van der Waals surface area contributed by atoms with Gasteiger partial charge in [0.1, 0.15) is 23.4 Å². The van der Waals surface area contributed by atoms with Crippen LogP contribution in [-0.4, -0.2) is 27.7 Å². The van der Waals surface area contributed by atoms with Crippen LogP contribution in [0.15, 0.2) is 12.1 Å². The van der Waals surface area contributed by atoms with Gasteiger partial charge >= 0.3 is 0 Å². The molecule has 1 aromatic rings. The van der Waals surface area contributed by atoms with Gasteiger partial charge in [-0.1, -0.05) is 6.92 Å². The first-order chi connectivity index (χ1) is 8.70. The van der Waals surface area contributed by atoms with E-state index in [0.717, 1.165) is 0 Å². The summed E-state index contributed by atoms with van der Waals surface area (Å²) in [6, 6.07) is 3.30.